The second-order valence-corrected chi connectivity index (χ2v) is 4.17. The molecule has 1 nitrogen and oxygen atoms in total. The Morgan fingerprint density at radius 3 is 2.17 bits per heavy atom. The van der Waals surface area contributed by atoms with Gasteiger partial charge in [0, 0.05) is 7.11 Å². The molecule has 0 aromatic carbocycles. The summed E-state index contributed by atoms with van der Waals surface area (Å²) in [4.78, 5) is 0. The van der Waals surface area contributed by atoms with E-state index in [1.807, 2.05) is 0 Å². The fraction of sp³-hybridized carbons (Fsp3) is 0.909. The van der Waals surface area contributed by atoms with E-state index < -0.39 is 0 Å². The maximum atomic E-state index is 5.09. The molecule has 0 fully saturated rings. The summed E-state index contributed by atoms with van der Waals surface area (Å²) in [6.45, 7) is 10.7. The van der Waals surface area contributed by atoms with Gasteiger partial charge in [-0.3, -0.25) is 0 Å². The standard InChI is InChI=1S/C11H23O/c1-9(2)8-10(3)6-7-11(4)12-5/h9-11H,4,6-8H2,1-3,5H3. The normalized spacial score (nSPS) is 16.5. The highest BCUT2D eigenvalue weighted by Gasteiger charge is 2.07. The minimum Gasteiger partial charge on any atom is -0.381 e. The van der Waals surface area contributed by atoms with Crippen molar-refractivity contribution in [2.45, 2.75) is 46.1 Å². The lowest BCUT2D eigenvalue weighted by Gasteiger charge is -2.15. The molecule has 0 aliphatic carbocycles. The number of methoxy groups -OCH3 is 1. The topological polar surface area (TPSA) is 9.23 Å². The third-order valence-corrected chi connectivity index (χ3v) is 2.19. The van der Waals surface area contributed by atoms with Gasteiger partial charge in [-0.2, -0.15) is 0 Å². The fourth-order valence-electron chi connectivity index (χ4n) is 1.51. The van der Waals surface area contributed by atoms with Gasteiger partial charge in [0.05, 0.1) is 6.10 Å². The summed E-state index contributed by atoms with van der Waals surface area (Å²) in [6, 6.07) is 0. The van der Waals surface area contributed by atoms with E-state index in [-0.39, 0.29) is 6.10 Å². The van der Waals surface area contributed by atoms with Gasteiger partial charge in [0.1, 0.15) is 0 Å². The van der Waals surface area contributed by atoms with Crippen molar-refractivity contribution in [1.82, 2.24) is 0 Å². The van der Waals surface area contributed by atoms with E-state index >= 15 is 0 Å². The highest BCUT2D eigenvalue weighted by Crippen LogP contribution is 2.17. The lowest BCUT2D eigenvalue weighted by molar-refractivity contribution is 0.124. The molecule has 2 unspecified atom stereocenters. The van der Waals surface area contributed by atoms with Gasteiger partial charge in [0.25, 0.3) is 0 Å². The lowest BCUT2D eigenvalue weighted by Crippen LogP contribution is -2.08. The Bertz CT molecular complexity index is 99.2. The first-order valence-corrected chi connectivity index (χ1v) is 4.92. The molecule has 1 radical (unpaired) electrons. The van der Waals surface area contributed by atoms with E-state index in [4.69, 9.17) is 4.74 Å². The van der Waals surface area contributed by atoms with Crippen LogP contribution >= 0.6 is 0 Å². The molecule has 73 valence electrons. The largest absolute Gasteiger partial charge is 0.381 e. The third kappa shape index (κ3) is 6.66. The van der Waals surface area contributed by atoms with Crippen LogP contribution in [0.15, 0.2) is 0 Å². The van der Waals surface area contributed by atoms with Crippen molar-refractivity contribution in [3.8, 4) is 0 Å². The van der Waals surface area contributed by atoms with Crippen LogP contribution < -0.4 is 0 Å². The van der Waals surface area contributed by atoms with Gasteiger partial charge in [-0.1, -0.05) is 20.8 Å². The zero-order valence-corrected chi connectivity index (χ0v) is 8.97. The van der Waals surface area contributed by atoms with E-state index in [1.54, 1.807) is 7.11 Å². The Balaban J connectivity index is 3.36. The van der Waals surface area contributed by atoms with Crippen LogP contribution in [0.5, 0.6) is 0 Å². The van der Waals surface area contributed by atoms with Crippen LogP contribution in [0.25, 0.3) is 0 Å². The first-order chi connectivity index (χ1) is 5.56. The van der Waals surface area contributed by atoms with Crippen LogP contribution in [0.2, 0.25) is 0 Å². The Morgan fingerprint density at radius 2 is 1.75 bits per heavy atom. The van der Waals surface area contributed by atoms with Crippen molar-refractivity contribution in [2.75, 3.05) is 7.11 Å². The zero-order valence-electron chi connectivity index (χ0n) is 8.97. The quantitative estimate of drug-likeness (QED) is 0.596. The van der Waals surface area contributed by atoms with Crippen molar-refractivity contribution < 1.29 is 4.74 Å². The Morgan fingerprint density at radius 1 is 1.17 bits per heavy atom. The Labute approximate surface area is 77.5 Å². The van der Waals surface area contributed by atoms with Crippen molar-refractivity contribution in [3.05, 3.63) is 6.92 Å². The molecule has 0 aromatic heterocycles. The summed E-state index contributed by atoms with van der Waals surface area (Å²) in [7, 11) is 1.73. The number of hydrogen-bond acceptors (Lipinski definition) is 1. The van der Waals surface area contributed by atoms with Gasteiger partial charge in [-0.25, -0.2) is 0 Å². The highest BCUT2D eigenvalue weighted by atomic mass is 16.5. The summed E-state index contributed by atoms with van der Waals surface area (Å²) >= 11 is 0. The van der Waals surface area contributed by atoms with Crippen LogP contribution in [0.1, 0.15) is 40.0 Å². The van der Waals surface area contributed by atoms with Crippen LogP contribution in [0.4, 0.5) is 0 Å². The maximum Gasteiger partial charge on any atom is 0.0572 e. The molecule has 0 aromatic rings. The van der Waals surface area contributed by atoms with Gasteiger partial charge in [0.15, 0.2) is 0 Å². The molecule has 0 N–H and O–H groups in total. The third-order valence-electron chi connectivity index (χ3n) is 2.19. The SMILES string of the molecule is [CH2]C(CCC(C)CC(C)C)OC. The zero-order chi connectivity index (χ0) is 9.56. The smallest absolute Gasteiger partial charge is 0.0572 e. The molecule has 1 heteroatoms. The summed E-state index contributed by atoms with van der Waals surface area (Å²) < 4.78 is 5.09. The summed E-state index contributed by atoms with van der Waals surface area (Å²) in [6.07, 6.45) is 3.82. The molecule has 0 amide bonds. The first-order valence-electron chi connectivity index (χ1n) is 4.92. The van der Waals surface area contributed by atoms with Crippen LogP contribution in [0.3, 0.4) is 0 Å². The molecule has 0 aliphatic rings. The summed E-state index contributed by atoms with van der Waals surface area (Å²) in [5, 5.41) is 0. The number of rotatable bonds is 6. The van der Waals surface area contributed by atoms with Gasteiger partial charge >= 0.3 is 0 Å². The molecule has 0 bridgehead atoms. The van der Waals surface area contributed by atoms with Crippen LogP contribution in [-0.4, -0.2) is 13.2 Å². The predicted octanol–water partition coefficient (Wildman–Crippen LogP) is 3.30. The van der Waals surface area contributed by atoms with E-state index in [9.17, 15) is 0 Å². The maximum absolute atomic E-state index is 5.09. The molecule has 12 heavy (non-hydrogen) atoms. The van der Waals surface area contributed by atoms with Crippen molar-refractivity contribution >= 4 is 0 Å². The minimum atomic E-state index is 0.180. The van der Waals surface area contributed by atoms with Crippen molar-refractivity contribution in [1.29, 1.82) is 0 Å². The predicted molar refractivity (Wildman–Crippen MR) is 54.0 cm³/mol. The van der Waals surface area contributed by atoms with Crippen LogP contribution in [-0.2, 0) is 4.74 Å². The molecule has 0 rings (SSSR count). The number of hydrogen-bond donors (Lipinski definition) is 0. The molecular weight excluding hydrogens is 148 g/mol. The lowest BCUT2D eigenvalue weighted by atomic mass is 9.94. The van der Waals surface area contributed by atoms with Crippen molar-refractivity contribution in [2.24, 2.45) is 11.8 Å². The summed E-state index contributed by atoms with van der Waals surface area (Å²) in [5.41, 5.74) is 0. The average Bonchev–Trinajstić information content (AvgIpc) is 1.99. The fourth-order valence-corrected chi connectivity index (χ4v) is 1.51. The van der Waals surface area contributed by atoms with E-state index in [0.29, 0.717) is 0 Å². The number of ether oxygens (including phenoxy) is 1. The Kier molecular flexibility index (Phi) is 6.45. The van der Waals surface area contributed by atoms with Crippen LogP contribution in [0, 0.1) is 18.8 Å². The molecule has 2 atom stereocenters. The molecule has 0 aliphatic heterocycles. The minimum absolute atomic E-state index is 0.180. The van der Waals surface area contributed by atoms with Gasteiger partial charge < -0.3 is 4.74 Å². The van der Waals surface area contributed by atoms with E-state index in [0.717, 1.165) is 18.3 Å². The monoisotopic (exact) mass is 171 g/mol. The summed E-state index contributed by atoms with van der Waals surface area (Å²) in [5.74, 6) is 1.62. The first kappa shape index (κ1) is 12.0. The molecule has 0 saturated heterocycles. The second kappa shape index (κ2) is 6.47. The highest BCUT2D eigenvalue weighted by molar-refractivity contribution is 4.63. The molecular formula is C11H23O. The Hall–Kier alpha value is -0.0400. The van der Waals surface area contributed by atoms with Gasteiger partial charge in [0.2, 0.25) is 0 Å². The van der Waals surface area contributed by atoms with E-state index in [1.165, 1.54) is 12.8 Å². The molecule has 0 spiro atoms. The average molecular weight is 171 g/mol. The van der Waals surface area contributed by atoms with Gasteiger partial charge in [-0.05, 0) is 38.0 Å². The molecule has 0 heterocycles. The van der Waals surface area contributed by atoms with E-state index in [2.05, 4.69) is 27.7 Å². The van der Waals surface area contributed by atoms with Crippen molar-refractivity contribution in [3.63, 3.8) is 0 Å². The molecule has 0 saturated carbocycles. The second-order valence-electron chi connectivity index (χ2n) is 4.17. The van der Waals surface area contributed by atoms with Gasteiger partial charge in [-0.15, -0.1) is 0 Å².